The lowest BCUT2D eigenvalue weighted by Crippen LogP contribution is -2.70. The predicted molar refractivity (Wildman–Crippen MR) is 97.1 cm³/mol. The van der Waals surface area contributed by atoms with Crippen molar-refractivity contribution in [2.75, 3.05) is 0 Å². The van der Waals surface area contributed by atoms with E-state index >= 15 is 0 Å². The molecule has 1 fully saturated rings. The average Bonchev–Trinajstić information content (AvgIpc) is 3.18. The van der Waals surface area contributed by atoms with Crippen LogP contribution in [-0.4, -0.2) is 56.3 Å². The van der Waals surface area contributed by atoms with Gasteiger partial charge in [0.2, 0.25) is 5.91 Å². The SMILES string of the molecule is NCc1cnn(C[C@H]2NC(=O)[C@H]2NC(=O)OCc2ccccc2)n1.O=C(O)C(F)(F)F. The van der Waals surface area contributed by atoms with Crippen molar-refractivity contribution in [3.05, 3.63) is 47.8 Å². The molecule has 168 valence electrons. The molecule has 1 aromatic heterocycles. The standard InChI is InChI=1S/C15H18N6O3.C2HF3O2/c16-6-11-7-17-21(20-11)8-12-13(14(22)18-12)19-15(23)24-9-10-4-2-1-3-5-10;3-2(4,5)1(6)7/h1-5,7,12-13H,6,8-9,16H2,(H,18,22)(H,19,23);(H,6,7)/t12-,13+;/m1./s1. The second-order valence-corrected chi connectivity index (χ2v) is 6.20. The maximum Gasteiger partial charge on any atom is 0.490 e. The second kappa shape index (κ2) is 10.4. The lowest BCUT2D eigenvalue weighted by atomic mass is 9.99. The number of amides is 2. The van der Waals surface area contributed by atoms with Crippen molar-refractivity contribution >= 4 is 18.0 Å². The first-order valence-electron chi connectivity index (χ1n) is 8.77. The summed E-state index contributed by atoms with van der Waals surface area (Å²) >= 11 is 0. The van der Waals surface area contributed by atoms with E-state index in [0.29, 0.717) is 18.8 Å². The average molecular weight is 444 g/mol. The number of benzene rings is 1. The fourth-order valence-electron chi connectivity index (χ4n) is 2.34. The highest BCUT2D eigenvalue weighted by Crippen LogP contribution is 2.13. The Morgan fingerprint density at radius 3 is 2.45 bits per heavy atom. The molecule has 2 amide bonds. The van der Waals surface area contributed by atoms with Crippen LogP contribution in [0.4, 0.5) is 18.0 Å². The number of nitrogens with zero attached hydrogens (tertiary/aromatic N) is 3. The molecule has 31 heavy (non-hydrogen) atoms. The number of nitrogens with one attached hydrogen (secondary N) is 2. The molecule has 0 saturated carbocycles. The van der Waals surface area contributed by atoms with Crippen LogP contribution in [0.5, 0.6) is 0 Å². The van der Waals surface area contributed by atoms with Crippen molar-refractivity contribution in [1.29, 1.82) is 0 Å². The minimum atomic E-state index is -5.08. The van der Waals surface area contributed by atoms with E-state index in [-0.39, 0.29) is 18.6 Å². The Balaban J connectivity index is 0.000000423. The molecule has 0 unspecified atom stereocenters. The van der Waals surface area contributed by atoms with Crippen LogP contribution in [0.3, 0.4) is 0 Å². The summed E-state index contributed by atoms with van der Waals surface area (Å²) in [5.41, 5.74) is 7.01. The van der Waals surface area contributed by atoms with Crippen LogP contribution in [0, 0.1) is 0 Å². The number of hydrogen-bond donors (Lipinski definition) is 4. The van der Waals surface area contributed by atoms with Gasteiger partial charge in [-0.3, -0.25) is 4.79 Å². The molecule has 1 aromatic carbocycles. The van der Waals surface area contributed by atoms with E-state index in [0.717, 1.165) is 5.56 Å². The highest BCUT2D eigenvalue weighted by atomic mass is 19.4. The van der Waals surface area contributed by atoms with Gasteiger partial charge in [0.05, 0.1) is 24.5 Å². The van der Waals surface area contributed by atoms with Crippen LogP contribution in [0.2, 0.25) is 0 Å². The molecule has 0 spiro atoms. The minimum absolute atomic E-state index is 0.145. The number of aromatic nitrogens is 3. The van der Waals surface area contributed by atoms with E-state index in [1.54, 1.807) is 6.20 Å². The molecule has 1 aliphatic rings. The number of carbonyl (C=O) groups excluding carboxylic acids is 2. The molecule has 0 aliphatic carbocycles. The lowest BCUT2D eigenvalue weighted by Gasteiger charge is -2.36. The molecule has 2 atom stereocenters. The number of β-lactam (4-membered cyclic amide) rings is 1. The van der Waals surface area contributed by atoms with Gasteiger partial charge >= 0.3 is 18.2 Å². The smallest absolute Gasteiger partial charge is 0.475 e. The van der Waals surface area contributed by atoms with Gasteiger partial charge in [-0.25, -0.2) is 9.59 Å². The Kier molecular flexibility index (Phi) is 7.90. The zero-order valence-corrected chi connectivity index (χ0v) is 15.9. The molecule has 5 N–H and O–H groups in total. The molecule has 0 radical (unpaired) electrons. The van der Waals surface area contributed by atoms with Crippen molar-refractivity contribution in [3.63, 3.8) is 0 Å². The Bertz CT molecular complexity index is 905. The van der Waals surface area contributed by atoms with Gasteiger partial charge < -0.3 is 26.2 Å². The van der Waals surface area contributed by atoms with Crippen LogP contribution in [0.15, 0.2) is 36.5 Å². The molecule has 14 heteroatoms. The fourth-order valence-corrected chi connectivity index (χ4v) is 2.34. The van der Waals surface area contributed by atoms with E-state index in [2.05, 4.69) is 20.8 Å². The number of carboxylic acids is 1. The van der Waals surface area contributed by atoms with Gasteiger partial charge in [0.15, 0.2) is 0 Å². The van der Waals surface area contributed by atoms with Crippen LogP contribution in [-0.2, 0) is 34.0 Å². The number of hydrogen-bond acceptors (Lipinski definition) is 7. The Hall–Kier alpha value is -3.68. The summed E-state index contributed by atoms with van der Waals surface area (Å²) in [6.07, 6.45) is -4.16. The van der Waals surface area contributed by atoms with Gasteiger partial charge in [0, 0.05) is 6.54 Å². The zero-order valence-electron chi connectivity index (χ0n) is 15.9. The third kappa shape index (κ3) is 7.26. The van der Waals surface area contributed by atoms with Crippen LogP contribution in [0.1, 0.15) is 11.3 Å². The summed E-state index contributed by atoms with van der Waals surface area (Å²) in [5.74, 6) is -3.02. The van der Waals surface area contributed by atoms with Crippen LogP contribution < -0.4 is 16.4 Å². The first-order chi connectivity index (χ1) is 14.6. The number of halogens is 3. The van der Waals surface area contributed by atoms with E-state index in [1.165, 1.54) is 4.80 Å². The summed E-state index contributed by atoms with van der Waals surface area (Å²) in [6.45, 7) is 0.784. The molecular formula is C17H19F3N6O5. The number of aliphatic carboxylic acids is 1. The van der Waals surface area contributed by atoms with Crippen molar-refractivity contribution in [3.8, 4) is 0 Å². The van der Waals surface area contributed by atoms with E-state index in [1.807, 2.05) is 30.3 Å². The highest BCUT2D eigenvalue weighted by molar-refractivity contribution is 5.92. The van der Waals surface area contributed by atoms with E-state index in [4.69, 9.17) is 20.4 Å². The number of alkyl carbamates (subject to hydrolysis) is 1. The second-order valence-electron chi connectivity index (χ2n) is 6.20. The summed E-state index contributed by atoms with van der Waals surface area (Å²) in [6, 6.07) is 8.35. The largest absolute Gasteiger partial charge is 0.490 e. The Morgan fingerprint density at radius 2 is 1.94 bits per heavy atom. The first-order valence-corrected chi connectivity index (χ1v) is 8.77. The predicted octanol–water partition coefficient (Wildman–Crippen LogP) is 0.163. The molecule has 0 bridgehead atoms. The van der Waals surface area contributed by atoms with Gasteiger partial charge in [-0.15, -0.1) is 0 Å². The number of alkyl halides is 3. The van der Waals surface area contributed by atoms with E-state index in [9.17, 15) is 22.8 Å². The molecule has 2 heterocycles. The summed E-state index contributed by atoms with van der Waals surface area (Å²) in [7, 11) is 0. The Labute approximate surface area is 173 Å². The summed E-state index contributed by atoms with van der Waals surface area (Å²) in [4.78, 5) is 33.8. The number of carbonyl (C=O) groups is 3. The monoisotopic (exact) mass is 444 g/mol. The molecular weight excluding hydrogens is 425 g/mol. The first kappa shape index (κ1) is 23.6. The van der Waals surface area contributed by atoms with Crippen molar-refractivity contribution in [2.24, 2.45) is 5.73 Å². The lowest BCUT2D eigenvalue weighted by molar-refractivity contribution is -0.192. The zero-order chi connectivity index (χ0) is 23.0. The maximum atomic E-state index is 11.8. The molecule has 3 rings (SSSR count). The number of ether oxygens (including phenoxy) is 1. The molecule has 2 aromatic rings. The van der Waals surface area contributed by atoms with Crippen LogP contribution in [0.25, 0.3) is 0 Å². The van der Waals surface area contributed by atoms with Crippen molar-refractivity contribution in [2.45, 2.75) is 38.0 Å². The fraction of sp³-hybridized carbons (Fsp3) is 0.353. The van der Waals surface area contributed by atoms with Gasteiger partial charge in [0.25, 0.3) is 0 Å². The summed E-state index contributed by atoms with van der Waals surface area (Å²) < 4.78 is 36.9. The third-order valence-corrected chi connectivity index (χ3v) is 3.89. The Morgan fingerprint density at radius 1 is 1.29 bits per heavy atom. The van der Waals surface area contributed by atoms with Gasteiger partial charge in [-0.05, 0) is 5.56 Å². The molecule has 11 nitrogen and oxygen atoms in total. The normalized spacial score (nSPS) is 17.5. The summed E-state index contributed by atoms with van der Waals surface area (Å²) in [5, 5.41) is 20.6. The number of nitrogens with two attached hydrogens (primary N) is 1. The van der Waals surface area contributed by atoms with Crippen molar-refractivity contribution in [1.82, 2.24) is 25.6 Å². The number of carboxylic acid groups (broad SMARTS) is 1. The third-order valence-electron chi connectivity index (χ3n) is 3.89. The highest BCUT2D eigenvalue weighted by Gasteiger charge is 2.41. The van der Waals surface area contributed by atoms with Crippen LogP contribution >= 0.6 is 0 Å². The minimum Gasteiger partial charge on any atom is -0.475 e. The number of rotatable bonds is 6. The van der Waals surface area contributed by atoms with E-state index < -0.39 is 24.3 Å². The van der Waals surface area contributed by atoms with Gasteiger partial charge in [-0.1, -0.05) is 30.3 Å². The maximum absolute atomic E-state index is 11.8. The van der Waals surface area contributed by atoms with Gasteiger partial charge in [-0.2, -0.15) is 28.2 Å². The molecule has 1 aliphatic heterocycles. The van der Waals surface area contributed by atoms with Crippen molar-refractivity contribution < 1.29 is 37.4 Å². The molecule has 1 saturated heterocycles. The topological polar surface area (TPSA) is 161 Å². The quantitative estimate of drug-likeness (QED) is 0.458. The van der Waals surface area contributed by atoms with Gasteiger partial charge in [0.1, 0.15) is 12.6 Å².